The third kappa shape index (κ3) is 3.80. The highest BCUT2D eigenvalue weighted by Gasteiger charge is 2.08. The van der Waals surface area contributed by atoms with Crippen LogP contribution in [0.2, 0.25) is 10.0 Å². The van der Waals surface area contributed by atoms with Gasteiger partial charge in [0.25, 0.3) is 0 Å². The zero-order chi connectivity index (χ0) is 13.7. The molecule has 0 unspecified atom stereocenters. The van der Waals surface area contributed by atoms with Crippen LogP contribution < -0.4 is 10.1 Å². The van der Waals surface area contributed by atoms with Gasteiger partial charge in [-0.15, -0.1) is 0 Å². The Balaban J connectivity index is 2.09. The third-order valence-corrected chi connectivity index (χ3v) is 3.18. The van der Waals surface area contributed by atoms with Crippen molar-refractivity contribution >= 4 is 23.2 Å². The van der Waals surface area contributed by atoms with E-state index in [9.17, 15) is 0 Å². The number of rotatable bonds is 5. The van der Waals surface area contributed by atoms with Crippen molar-refractivity contribution < 1.29 is 4.74 Å². The third-order valence-electron chi connectivity index (χ3n) is 2.38. The molecule has 0 saturated carbocycles. The molecule has 0 spiro atoms. The fraction of sp³-hybridized carbons (Fsp3) is 0.231. The van der Waals surface area contributed by atoms with Gasteiger partial charge in [-0.2, -0.15) is 0 Å². The number of nitrogens with zero attached hydrogens (tertiary/aromatic N) is 2. The molecule has 0 saturated heterocycles. The van der Waals surface area contributed by atoms with Crippen LogP contribution in [0.25, 0.3) is 0 Å². The summed E-state index contributed by atoms with van der Waals surface area (Å²) in [5.41, 5.74) is 0.992. The van der Waals surface area contributed by atoms with Gasteiger partial charge in [-0.25, -0.2) is 9.97 Å². The Hall–Kier alpha value is -1.36. The monoisotopic (exact) mass is 297 g/mol. The molecule has 4 nitrogen and oxygen atoms in total. The maximum absolute atomic E-state index is 6.02. The standard InChI is InChI=1S/C13H13Cl2N3O/c1-2-16-6-9-7-17-13(18-8-9)19-11-5-3-4-10(14)12(11)15/h3-5,7-8,16H,2,6H2,1H3. The molecule has 100 valence electrons. The summed E-state index contributed by atoms with van der Waals surface area (Å²) in [6.45, 7) is 3.67. The second-order valence-corrected chi connectivity index (χ2v) is 4.59. The van der Waals surface area contributed by atoms with Crippen LogP contribution in [0.1, 0.15) is 12.5 Å². The van der Waals surface area contributed by atoms with Crippen LogP contribution in [0.3, 0.4) is 0 Å². The van der Waals surface area contributed by atoms with Crippen molar-refractivity contribution in [1.82, 2.24) is 15.3 Å². The van der Waals surface area contributed by atoms with Crippen LogP contribution in [-0.4, -0.2) is 16.5 Å². The summed E-state index contributed by atoms with van der Waals surface area (Å²) in [5, 5.41) is 3.98. The van der Waals surface area contributed by atoms with Gasteiger partial charge in [0.1, 0.15) is 5.02 Å². The molecule has 0 aliphatic heterocycles. The van der Waals surface area contributed by atoms with Crippen molar-refractivity contribution in [3.8, 4) is 11.8 Å². The van der Waals surface area contributed by atoms with E-state index in [0.717, 1.165) is 18.7 Å². The maximum atomic E-state index is 6.02. The molecule has 0 bridgehead atoms. The molecule has 0 radical (unpaired) electrons. The Morgan fingerprint density at radius 3 is 2.63 bits per heavy atom. The minimum absolute atomic E-state index is 0.240. The smallest absolute Gasteiger partial charge is 0.321 e. The highest BCUT2D eigenvalue weighted by atomic mass is 35.5. The highest BCUT2D eigenvalue weighted by molar-refractivity contribution is 6.42. The van der Waals surface area contributed by atoms with E-state index in [-0.39, 0.29) is 6.01 Å². The minimum Gasteiger partial charge on any atom is -0.423 e. The van der Waals surface area contributed by atoms with Gasteiger partial charge in [-0.05, 0) is 18.7 Å². The first kappa shape index (κ1) is 14.1. The van der Waals surface area contributed by atoms with Crippen LogP contribution in [0.5, 0.6) is 11.8 Å². The largest absolute Gasteiger partial charge is 0.423 e. The highest BCUT2D eigenvalue weighted by Crippen LogP contribution is 2.33. The Morgan fingerprint density at radius 1 is 1.21 bits per heavy atom. The van der Waals surface area contributed by atoms with Crippen molar-refractivity contribution in [1.29, 1.82) is 0 Å². The first-order valence-electron chi connectivity index (χ1n) is 5.84. The molecular formula is C13H13Cl2N3O. The van der Waals surface area contributed by atoms with Crippen LogP contribution in [0.4, 0.5) is 0 Å². The summed E-state index contributed by atoms with van der Waals surface area (Å²) in [4.78, 5) is 8.25. The summed E-state index contributed by atoms with van der Waals surface area (Å²) in [7, 11) is 0. The minimum atomic E-state index is 0.240. The SMILES string of the molecule is CCNCc1cnc(Oc2cccc(Cl)c2Cl)nc1. The van der Waals surface area contributed by atoms with Crippen LogP contribution in [-0.2, 0) is 6.54 Å². The van der Waals surface area contributed by atoms with Crippen molar-refractivity contribution in [2.45, 2.75) is 13.5 Å². The van der Waals surface area contributed by atoms with Gasteiger partial charge in [0.2, 0.25) is 0 Å². The Labute approximate surface area is 121 Å². The predicted molar refractivity (Wildman–Crippen MR) is 75.9 cm³/mol. The molecule has 0 fully saturated rings. The van der Waals surface area contributed by atoms with E-state index >= 15 is 0 Å². The van der Waals surface area contributed by atoms with Crippen LogP contribution in [0, 0.1) is 0 Å². The molecule has 0 aliphatic carbocycles. The van der Waals surface area contributed by atoms with E-state index in [1.165, 1.54) is 0 Å². The molecule has 1 aromatic carbocycles. The molecular weight excluding hydrogens is 285 g/mol. The average Bonchev–Trinajstić information content (AvgIpc) is 2.43. The zero-order valence-electron chi connectivity index (χ0n) is 10.4. The van der Waals surface area contributed by atoms with Crippen molar-refractivity contribution in [3.05, 3.63) is 46.2 Å². The zero-order valence-corrected chi connectivity index (χ0v) is 11.9. The quantitative estimate of drug-likeness (QED) is 0.914. The molecule has 1 heterocycles. The molecule has 0 atom stereocenters. The van der Waals surface area contributed by atoms with Crippen LogP contribution >= 0.6 is 23.2 Å². The molecule has 0 aliphatic rings. The Bertz CT molecular complexity index is 546. The fourth-order valence-corrected chi connectivity index (χ4v) is 1.75. The number of aromatic nitrogens is 2. The van der Waals surface area contributed by atoms with Gasteiger partial charge in [-0.3, -0.25) is 0 Å². The van der Waals surface area contributed by atoms with Gasteiger partial charge in [0.15, 0.2) is 5.75 Å². The van der Waals surface area contributed by atoms with Gasteiger partial charge in [0.05, 0.1) is 5.02 Å². The molecule has 6 heteroatoms. The Kier molecular flexibility index (Phi) is 4.96. The molecule has 2 aromatic rings. The maximum Gasteiger partial charge on any atom is 0.321 e. The summed E-state index contributed by atoms with van der Waals surface area (Å²) >= 11 is 11.9. The number of hydrogen-bond donors (Lipinski definition) is 1. The summed E-state index contributed by atoms with van der Waals surface area (Å²) in [6, 6.07) is 5.40. The number of nitrogens with one attached hydrogen (secondary N) is 1. The lowest BCUT2D eigenvalue weighted by atomic mass is 10.3. The van der Waals surface area contributed by atoms with E-state index in [1.54, 1.807) is 30.6 Å². The van der Waals surface area contributed by atoms with E-state index in [2.05, 4.69) is 15.3 Å². The molecule has 1 N–H and O–H groups in total. The average molecular weight is 298 g/mol. The lowest BCUT2D eigenvalue weighted by Gasteiger charge is -2.07. The van der Waals surface area contributed by atoms with Crippen molar-refractivity contribution in [3.63, 3.8) is 0 Å². The number of ether oxygens (including phenoxy) is 1. The summed E-state index contributed by atoms with van der Waals surface area (Å²) < 4.78 is 5.49. The van der Waals surface area contributed by atoms with E-state index in [0.29, 0.717) is 15.8 Å². The predicted octanol–water partition coefficient (Wildman–Crippen LogP) is 3.69. The lowest BCUT2D eigenvalue weighted by molar-refractivity contribution is 0.441. The first-order valence-corrected chi connectivity index (χ1v) is 6.59. The number of halogens is 2. The molecule has 2 rings (SSSR count). The van der Waals surface area contributed by atoms with E-state index in [4.69, 9.17) is 27.9 Å². The normalized spacial score (nSPS) is 10.5. The topological polar surface area (TPSA) is 47.0 Å². The second kappa shape index (κ2) is 6.70. The van der Waals surface area contributed by atoms with Gasteiger partial charge in [-0.1, -0.05) is 36.2 Å². The molecule has 19 heavy (non-hydrogen) atoms. The summed E-state index contributed by atoms with van der Waals surface area (Å²) in [5.74, 6) is 0.439. The fourth-order valence-electron chi connectivity index (χ4n) is 1.42. The van der Waals surface area contributed by atoms with Gasteiger partial charge in [0, 0.05) is 24.5 Å². The molecule has 1 aromatic heterocycles. The molecule has 0 amide bonds. The summed E-state index contributed by atoms with van der Waals surface area (Å²) in [6.07, 6.45) is 3.42. The van der Waals surface area contributed by atoms with Crippen molar-refractivity contribution in [2.75, 3.05) is 6.54 Å². The Morgan fingerprint density at radius 2 is 1.95 bits per heavy atom. The van der Waals surface area contributed by atoms with Gasteiger partial charge >= 0.3 is 6.01 Å². The first-order chi connectivity index (χ1) is 9.20. The second-order valence-electron chi connectivity index (χ2n) is 3.81. The number of benzene rings is 1. The lowest BCUT2D eigenvalue weighted by Crippen LogP contribution is -2.12. The van der Waals surface area contributed by atoms with Crippen molar-refractivity contribution in [2.24, 2.45) is 0 Å². The van der Waals surface area contributed by atoms with E-state index in [1.807, 2.05) is 6.92 Å². The van der Waals surface area contributed by atoms with Gasteiger partial charge < -0.3 is 10.1 Å². The number of hydrogen-bond acceptors (Lipinski definition) is 4. The van der Waals surface area contributed by atoms with E-state index < -0.39 is 0 Å². The van der Waals surface area contributed by atoms with Crippen LogP contribution in [0.15, 0.2) is 30.6 Å².